The summed E-state index contributed by atoms with van der Waals surface area (Å²) >= 11 is 0. The van der Waals surface area contributed by atoms with E-state index < -0.39 is 23.1 Å². The van der Waals surface area contributed by atoms with E-state index >= 15 is 0 Å². The van der Waals surface area contributed by atoms with Gasteiger partial charge in [-0.3, -0.25) is 4.79 Å². The molecule has 0 saturated carbocycles. The Hall–Kier alpha value is -2.17. The van der Waals surface area contributed by atoms with Crippen LogP contribution in [0.2, 0.25) is 0 Å². The van der Waals surface area contributed by atoms with Crippen LogP contribution in [0, 0.1) is 5.92 Å². The lowest BCUT2D eigenvalue weighted by molar-refractivity contribution is -0.167. The third-order valence-corrected chi connectivity index (χ3v) is 7.56. The topological polar surface area (TPSA) is 66.8 Å². The SMILES string of the molecule is CCCCCCCCOC(=O)C1CC2(O)c3ccccc3C1(O)c1ccc(C(C)(C)C)cc12. The number of hydrogen-bond acceptors (Lipinski definition) is 4. The minimum Gasteiger partial charge on any atom is -0.465 e. The van der Waals surface area contributed by atoms with E-state index in [4.69, 9.17) is 4.74 Å². The predicted molar refractivity (Wildman–Crippen MR) is 130 cm³/mol. The lowest BCUT2D eigenvalue weighted by atomic mass is 9.54. The van der Waals surface area contributed by atoms with Gasteiger partial charge in [0.15, 0.2) is 0 Å². The van der Waals surface area contributed by atoms with Crippen LogP contribution in [0.5, 0.6) is 0 Å². The highest BCUT2D eigenvalue weighted by molar-refractivity contribution is 5.79. The Kier molecular flexibility index (Phi) is 6.45. The highest BCUT2D eigenvalue weighted by Gasteiger charge is 2.62. The maximum absolute atomic E-state index is 13.2. The van der Waals surface area contributed by atoms with Crippen molar-refractivity contribution in [1.82, 2.24) is 0 Å². The number of rotatable bonds is 8. The molecule has 0 aromatic heterocycles. The summed E-state index contributed by atoms with van der Waals surface area (Å²) in [7, 11) is 0. The molecular formula is C29H38O4. The summed E-state index contributed by atoms with van der Waals surface area (Å²) in [5.74, 6) is -1.27. The van der Waals surface area contributed by atoms with Crippen LogP contribution in [0.4, 0.5) is 0 Å². The highest BCUT2D eigenvalue weighted by atomic mass is 16.5. The second-order valence-corrected chi connectivity index (χ2v) is 10.9. The molecule has 33 heavy (non-hydrogen) atoms. The normalized spacial score (nSPS) is 25.5. The fraction of sp³-hybridized carbons (Fsp3) is 0.552. The zero-order valence-electron chi connectivity index (χ0n) is 20.5. The molecule has 3 aliphatic carbocycles. The molecule has 3 unspecified atom stereocenters. The van der Waals surface area contributed by atoms with E-state index in [1.165, 1.54) is 19.3 Å². The van der Waals surface area contributed by atoms with Gasteiger partial charge in [0.05, 0.1) is 12.5 Å². The van der Waals surface area contributed by atoms with Gasteiger partial charge >= 0.3 is 5.97 Å². The van der Waals surface area contributed by atoms with Crippen molar-refractivity contribution in [2.75, 3.05) is 6.61 Å². The zero-order chi connectivity index (χ0) is 23.9. The number of unbranched alkanes of at least 4 members (excludes halogenated alkanes) is 5. The number of benzene rings is 2. The zero-order valence-corrected chi connectivity index (χ0v) is 20.5. The molecule has 0 fully saturated rings. The standard InChI is InChI=1S/C29H38O4/c1-5-6-7-8-9-12-17-33-26(30)25-19-28(31)21-13-10-11-14-22(21)29(25,32)23-16-15-20(18-24(23)28)27(2,3)4/h10-11,13-16,18,25,31-32H,5-9,12,17,19H2,1-4H3. The van der Waals surface area contributed by atoms with Gasteiger partial charge in [0.1, 0.15) is 11.2 Å². The third kappa shape index (κ3) is 4.02. The van der Waals surface area contributed by atoms with Gasteiger partial charge in [0.25, 0.3) is 0 Å². The van der Waals surface area contributed by atoms with Crippen LogP contribution in [-0.2, 0) is 26.1 Å². The molecule has 0 saturated heterocycles. The number of aliphatic hydroxyl groups is 2. The first-order valence-corrected chi connectivity index (χ1v) is 12.5. The fourth-order valence-electron chi connectivity index (χ4n) is 5.60. The summed E-state index contributed by atoms with van der Waals surface area (Å²) in [5, 5.41) is 24.2. The highest BCUT2D eigenvalue weighted by Crippen LogP contribution is 2.60. The summed E-state index contributed by atoms with van der Waals surface area (Å²) in [6, 6.07) is 13.3. The molecule has 0 heterocycles. The second kappa shape index (κ2) is 8.88. The van der Waals surface area contributed by atoms with E-state index in [1.807, 2.05) is 42.5 Å². The maximum atomic E-state index is 13.2. The van der Waals surface area contributed by atoms with Gasteiger partial charge < -0.3 is 14.9 Å². The van der Waals surface area contributed by atoms with Crippen molar-refractivity contribution in [3.05, 3.63) is 70.3 Å². The number of hydrogen-bond donors (Lipinski definition) is 2. The Balaban J connectivity index is 1.64. The summed E-state index contributed by atoms with van der Waals surface area (Å²) in [6.45, 7) is 8.94. The third-order valence-electron chi connectivity index (χ3n) is 7.56. The van der Waals surface area contributed by atoms with Gasteiger partial charge in [0.2, 0.25) is 0 Å². The summed E-state index contributed by atoms with van der Waals surface area (Å²) < 4.78 is 5.65. The van der Waals surface area contributed by atoms with Gasteiger partial charge in [-0.1, -0.05) is 102 Å². The smallest absolute Gasteiger partial charge is 0.312 e. The van der Waals surface area contributed by atoms with Crippen LogP contribution < -0.4 is 0 Å². The Morgan fingerprint density at radius 2 is 1.58 bits per heavy atom. The van der Waals surface area contributed by atoms with Crippen LogP contribution in [0.1, 0.15) is 100 Å². The molecule has 2 aromatic rings. The van der Waals surface area contributed by atoms with E-state index in [0.29, 0.717) is 28.9 Å². The second-order valence-electron chi connectivity index (χ2n) is 10.9. The molecule has 2 aromatic carbocycles. The number of ether oxygens (including phenoxy) is 1. The Morgan fingerprint density at radius 1 is 0.939 bits per heavy atom. The molecule has 0 aliphatic heterocycles. The molecule has 4 nitrogen and oxygen atoms in total. The van der Waals surface area contributed by atoms with E-state index in [1.54, 1.807) is 0 Å². The first kappa shape index (κ1) is 24.0. The molecule has 2 bridgehead atoms. The summed E-state index contributed by atoms with van der Waals surface area (Å²) in [5.41, 5.74) is 0.764. The average molecular weight is 451 g/mol. The molecule has 5 rings (SSSR count). The predicted octanol–water partition coefficient (Wildman–Crippen LogP) is 5.69. The van der Waals surface area contributed by atoms with Gasteiger partial charge in [0, 0.05) is 6.42 Å². The first-order chi connectivity index (χ1) is 15.6. The van der Waals surface area contributed by atoms with Gasteiger partial charge in [-0.25, -0.2) is 0 Å². The van der Waals surface area contributed by atoms with Crippen LogP contribution >= 0.6 is 0 Å². The Labute approximate surface area is 198 Å². The van der Waals surface area contributed by atoms with Crippen molar-refractivity contribution in [3.63, 3.8) is 0 Å². The average Bonchev–Trinajstić information content (AvgIpc) is 2.79. The lowest BCUT2D eigenvalue weighted by Crippen LogP contribution is -2.57. The van der Waals surface area contributed by atoms with E-state index in [9.17, 15) is 15.0 Å². The lowest BCUT2D eigenvalue weighted by Gasteiger charge is -2.54. The van der Waals surface area contributed by atoms with Crippen LogP contribution in [0.3, 0.4) is 0 Å². The van der Waals surface area contributed by atoms with Crippen molar-refractivity contribution in [2.45, 2.75) is 89.3 Å². The quantitative estimate of drug-likeness (QED) is 0.400. The molecule has 2 N–H and O–H groups in total. The minimum absolute atomic E-state index is 0.0975. The first-order valence-electron chi connectivity index (χ1n) is 12.5. The number of carbonyl (C=O) groups excluding carboxylic acids is 1. The van der Waals surface area contributed by atoms with Crippen LogP contribution in [0.25, 0.3) is 0 Å². The van der Waals surface area contributed by atoms with E-state index in [2.05, 4.69) is 27.7 Å². The largest absolute Gasteiger partial charge is 0.465 e. The molecular weight excluding hydrogens is 412 g/mol. The maximum Gasteiger partial charge on any atom is 0.312 e. The minimum atomic E-state index is -1.51. The number of esters is 1. The van der Waals surface area contributed by atoms with Crippen molar-refractivity contribution in [2.24, 2.45) is 5.92 Å². The van der Waals surface area contributed by atoms with Gasteiger partial charge in [-0.05, 0) is 39.7 Å². The molecule has 0 radical (unpaired) electrons. The van der Waals surface area contributed by atoms with E-state index in [0.717, 1.165) is 24.8 Å². The molecule has 0 amide bonds. The summed E-state index contributed by atoms with van der Waals surface area (Å²) in [4.78, 5) is 13.2. The van der Waals surface area contributed by atoms with Crippen molar-refractivity contribution < 1.29 is 19.7 Å². The van der Waals surface area contributed by atoms with Crippen molar-refractivity contribution >= 4 is 5.97 Å². The molecule has 4 heteroatoms. The summed E-state index contributed by atoms with van der Waals surface area (Å²) in [6.07, 6.45) is 6.79. The van der Waals surface area contributed by atoms with Crippen LogP contribution in [-0.4, -0.2) is 22.8 Å². The Bertz CT molecular complexity index is 1020. The van der Waals surface area contributed by atoms with Crippen molar-refractivity contribution in [1.29, 1.82) is 0 Å². The molecule has 3 atom stereocenters. The fourth-order valence-corrected chi connectivity index (χ4v) is 5.60. The molecule has 3 aliphatic rings. The number of carbonyl (C=O) groups is 1. The van der Waals surface area contributed by atoms with Gasteiger partial charge in [-0.15, -0.1) is 0 Å². The van der Waals surface area contributed by atoms with Gasteiger partial charge in [-0.2, -0.15) is 0 Å². The monoisotopic (exact) mass is 450 g/mol. The number of fused-ring (bicyclic) bond motifs is 1. The van der Waals surface area contributed by atoms with Crippen LogP contribution in [0.15, 0.2) is 42.5 Å². The van der Waals surface area contributed by atoms with Crippen molar-refractivity contribution in [3.8, 4) is 0 Å². The molecule has 178 valence electrons. The Morgan fingerprint density at radius 3 is 2.27 bits per heavy atom. The van der Waals surface area contributed by atoms with E-state index in [-0.39, 0.29) is 11.8 Å². The molecule has 0 spiro atoms.